The topological polar surface area (TPSA) is 110 Å². The van der Waals surface area contributed by atoms with Crippen molar-refractivity contribution >= 4 is 17.5 Å². The van der Waals surface area contributed by atoms with Gasteiger partial charge in [0.15, 0.2) is 0 Å². The van der Waals surface area contributed by atoms with Gasteiger partial charge in [-0.2, -0.15) is 4.98 Å². The molecule has 0 spiro atoms. The maximum Gasteiger partial charge on any atom is 0.329 e. The van der Waals surface area contributed by atoms with E-state index in [0.29, 0.717) is 17.7 Å². The first-order valence-electron chi connectivity index (χ1n) is 5.76. The molecule has 0 amide bonds. The third-order valence-electron chi connectivity index (χ3n) is 3.36. The largest absolute Gasteiger partial charge is 0.350 e. The third-order valence-corrected chi connectivity index (χ3v) is 3.36. The van der Waals surface area contributed by atoms with Crippen LogP contribution in [0.25, 0.3) is 0 Å². The molecular weight excluding hydrogens is 236 g/mol. The van der Waals surface area contributed by atoms with E-state index in [0.717, 1.165) is 13.1 Å². The molecule has 0 aliphatic carbocycles. The molecule has 3 N–H and O–H groups in total. The Balaban J connectivity index is 2.38. The summed E-state index contributed by atoms with van der Waals surface area (Å²) in [7, 11) is 0. The van der Waals surface area contributed by atoms with E-state index >= 15 is 0 Å². The smallest absolute Gasteiger partial charge is 0.329 e. The fraction of sp³-hybridized carbons (Fsp3) is 0.600. The molecule has 2 rings (SSSR count). The van der Waals surface area contributed by atoms with Crippen LogP contribution in [0.15, 0.2) is 6.20 Å². The van der Waals surface area contributed by atoms with Crippen molar-refractivity contribution in [2.45, 2.75) is 13.8 Å². The summed E-state index contributed by atoms with van der Waals surface area (Å²) in [4.78, 5) is 20.3. The number of nitrogen functional groups attached to an aromatic ring is 1. The molecule has 1 aliphatic heterocycles. The summed E-state index contributed by atoms with van der Waals surface area (Å²) in [5, 5.41) is 11.0. The predicted molar refractivity (Wildman–Crippen MR) is 67.0 cm³/mol. The van der Waals surface area contributed by atoms with E-state index < -0.39 is 4.92 Å². The van der Waals surface area contributed by atoms with Crippen LogP contribution in [0.4, 0.5) is 17.5 Å². The number of nitro groups is 1. The van der Waals surface area contributed by atoms with Gasteiger partial charge in [0.1, 0.15) is 6.20 Å². The number of hydrazine groups is 1. The Morgan fingerprint density at radius 2 is 2.11 bits per heavy atom. The van der Waals surface area contributed by atoms with Crippen LogP contribution in [0.1, 0.15) is 13.8 Å². The van der Waals surface area contributed by atoms with Crippen molar-refractivity contribution in [1.82, 2.24) is 9.97 Å². The lowest BCUT2D eigenvalue weighted by Crippen LogP contribution is -2.23. The highest BCUT2D eigenvalue weighted by Gasteiger charge is 2.31. The molecule has 1 saturated heterocycles. The minimum atomic E-state index is -0.469. The van der Waals surface area contributed by atoms with Crippen molar-refractivity contribution in [3.8, 4) is 0 Å². The van der Waals surface area contributed by atoms with Crippen LogP contribution < -0.4 is 16.2 Å². The lowest BCUT2D eigenvalue weighted by Gasteiger charge is -2.17. The van der Waals surface area contributed by atoms with Gasteiger partial charge in [-0.05, 0) is 11.8 Å². The molecule has 1 fully saturated rings. The Morgan fingerprint density at radius 3 is 2.61 bits per heavy atom. The average Bonchev–Trinajstić information content (AvgIpc) is 2.68. The molecule has 2 atom stereocenters. The average molecular weight is 252 g/mol. The molecule has 0 aromatic carbocycles. The molecule has 2 unspecified atom stereocenters. The Hall–Kier alpha value is -1.96. The first-order valence-corrected chi connectivity index (χ1v) is 5.76. The molecule has 1 aliphatic rings. The van der Waals surface area contributed by atoms with Gasteiger partial charge in [0.05, 0.1) is 4.92 Å². The maximum atomic E-state index is 11.0. The molecule has 18 heavy (non-hydrogen) atoms. The summed E-state index contributed by atoms with van der Waals surface area (Å²) in [5.41, 5.74) is 2.22. The van der Waals surface area contributed by atoms with Crippen LogP contribution in [-0.4, -0.2) is 28.0 Å². The van der Waals surface area contributed by atoms with Crippen molar-refractivity contribution in [2.24, 2.45) is 17.7 Å². The van der Waals surface area contributed by atoms with Crippen LogP contribution in [0.3, 0.4) is 0 Å². The quantitative estimate of drug-likeness (QED) is 0.464. The molecule has 0 radical (unpaired) electrons. The number of nitrogens with zero attached hydrogens (tertiary/aromatic N) is 4. The summed E-state index contributed by atoms with van der Waals surface area (Å²) >= 11 is 0. The number of hydrogen-bond acceptors (Lipinski definition) is 7. The normalized spacial score (nSPS) is 23.2. The first-order chi connectivity index (χ1) is 8.52. The van der Waals surface area contributed by atoms with Gasteiger partial charge in [-0.15, -0.1) is 0 Å². The van der Waals surface area contributed by atoms with Gasteiger partial charge in [-0.25, -0.2) is 10.8 Å². The molecule has 0 bridgehead atoms. The molecule has 1 aromatic rings. The lowest BCUT2D eigenvalue weighted by atomic mass is 10.0. The highest BCUT2D eigenvalue weighted by molar-refractivity contribution is 5.59. The molecule has 0 saturated carbocycles. The van der Waals surface area contributed by atoms with Crippen molar-refractivity contribution < 1.29 is 4.92 Å². The third kappa shape index (κ3) is 2.19. The Kier molecular flexibility index (Phi) is 3.28. The molecule has 8 heteroatoms. The zero-order chi connectivity index (χ0) is 13.3. The van der Waals surface area contributed by atoms with Gasteiger partial charge in [0.25, 0.3) is 0 Å². The van der Waals surface area contributed by atoms with Crippen LogP contribution in [0.2, 0.25) is 0 Å². The fourth-order valence-electron chi connectivity index (χ4n) is 2.10. The van der Waals surface area contributed by atoms with Crippen molar-refractivity contribution in [3.05, 3.63) is 16.3 Å². The van der Waals surface area contributed by atoms with Gasteiger partial charge in [0.2, 0.25) is 11.8 Å². The highest BCUT2D eigenvalue weighted by Crippen LogP contribution is 2.32. The van der Waals surface area contributed by atoms with E-state index in [-0.39, 0.29) is 11.6 Å². The van der Waals surface area contributed by atoms with Crippen LogP contribution in [-0.2, 0) is 0 Å². The lowest BCUT2D eigenvalue weighted by molar-refractivity contribution is -0.384. The van der Waals surface area contributed by atoms with Gasteiger partial charge in [0, 0.05) is 13.1 Å². The van der Waals surface area contributed by atoms with E-state index in [4.69, 9.17) is 5.84 Å². The molecule has 98 valence electrons. The molecule has 8 nitrogen and oxygen atoms in total. The highest BCUT2D eigenvalue weighted by atomic mass is 16.6. The van der Waals surface area contributed by atoms with E-state index in [1.54, 1.807) is 0 Å². The van der Waals surface area contributed by atoms with Crippen molar-refractivity contribution in [1.29, 1.82) is 0 Å². The minimum Gasteiger partial charge on any atom is -0.350 e. The number of nitrogens with one attached hydrogen (secondary N) is 1. The Morgan fingerprint density at radius 1 is 1.50 bits per heavy atom. The van der Waals surface area contributed by atoms with Crippen LogP contribution in [0.5, 0.6) is 0 Å². The van der Waals surface area contributed by atoms with E-state index in [2.05, 4.69) is 29.2 Å². The Labute approximate surface area is 104 Å². The minimum absolute atomic E-state index is 0.0877. The zero-order valence-corrected chi connectivity index (χ0v) is 10.3. The summed E-state index contributed by atoms with van der Waals surface area (Å²) in [5.74, 6) is 6.71. The summed E-state index contributed by atoms with van der Waals surface area (Å²) < 4.78 is 0. The number of rotatable bonds is 3. The van der Waals surface area contributed by atoms with Gasteiger partial charge >= 0.3 is 5.69 Å². The van der Waals surface area contributed by atoms with Gasteiger partial charge in [-0.3, -0.25) is 15.5 Å². The second-order valence-corrected chi connectivity index (χ2v) is 4.66. The number of anilines is 2. The van der Waals surface area contributed by atoms with Gasteiger partial charge < -0.3 is 4.90 Å². The number of hydrogen-bond donors (Lipinski definition) is 2. The van der Waals surface area contributed by atoms with E-state index in [1.165, 1.54) is 6.20 Å². The number of aromatic nitrogens is 2. The number of nitrogens with two attached hydrogens (primary N) is 1. The first kappa shape index (κ1) is 12.5. The summed E-state index contributed by atoms with van der Waals surface area (Å²) in [6.45, 7) is 5.76. The standard InChI is InChI=1S/C10H16N6O2/c1-6-4-15(5-7(6)2)9-8(16(17)18)3-12-10(13-9)14-11/h3,6-7H,4-5,11H2,1-2H3,(H,12,13,14). The van der Waals surface area contributed by atoms with Crippen molar-refractivity contribution in [2.75, 3.05) is 23.4 Å². The summed E-state index contributed by atoms with van der Waals surface area (Å²) in [6.07, 6.45) is 1.19. The SMILES string of the molecule is CC1CN(c2nc(NN)ncc2[N+](=O)[O-])CC1C. The van der Waals surface area contributed by atoms with Crippen LogP contribution in [0, 0.1) is 22.0 Å². The van der Waals surface area contributed by atoms with Crippen molar-refractivity contribution in [3.63, 3.8) is 0 Å². The predicted octanol–water partition coefficient (Wildman–Crippen LogP) is 0.763. The molecular formula is C10H16N6O2. The second-order valence-electron chi connectivity index (χ2n) is 4.66. The molecule has 1 aromatic heterocycles. The Bertz CT molecular complexity index is 456. The monoisotopic (exact) mass is 252 g/mol. The van der Waals surface area contributed by atoms with Crippen LogP contribution >= 0.6 is 0 Å². The molecule has 2 heterocycles. The van der Waals surface area contributed by atoms with E-state index in [9.17, 15) is 10.1 Å². The zero-order valence-electron chi connectivity index (χ0n) is 10.3. The van der Waals surface area contributed by atoms with E-state index in [1.807, 2.05) is 4.90 Å². The summed E-state index contributed by atoms with van der Waals surface area (Å²) in [6, 6.07) is 0. The van der Waals surface area contributed by atoms with Gasteiger partial charge in [-0.1, -0.05) is 13.8 Å². The second kappa shape index (κ2) is 4.73. The maximum absolute atomic E-state index is 11.0. The fourth-order valence-corrected chi connectivity index (χ4v) is 2.10.